The highest BCUT2D eigenvalue weighted by molar-refractivity contribution is 6.02. The first kappa shape index (κ1) is 21.6. The number of hydrogen-bond donors (Lipinski definition) is 2. The van der Waals surface area contributed by atoms with E-state index in [1.807, 2.05) is 68.4 Å². The van der Waals surface area contributed by atoms with Crippen molar-refractivity contribution in [3.05, 3.63) is 87.8 Å². The molecule has 1 aliphatic rings. The van der Waals surface area contributed by atoms with E-state index in [0.29, 0.717) is 29.8 Å². The van der Waals surface area contributed by atoms with Crippen LogP contribution in [0.5, 0.6) is 5.75 Å². The fraction of sp³-hybridized carbons (Fsp3) is 0.269. The van der Waals surface area contributed by atoms with Gasteiger partial charge in [-0.25, -0.2) is 0 Å². The number of aromatic nitrogens is 1. The molecular formula is C26H26N2O4. The Morgan fingerprint density at radius 1 is 1.00 bits per heavy atom. The highest BCUT2D eigenvalue weighted by atomic mass is 16.5. The Bertz CT molecular complexity index is 1210. The van der Waals surface area contributed by atoms with E-state index in [2.05, 4.69) is 10.3 Å². The van der Waals surface area contributed by atoms with Crippen LogP contribution in [0.15, 0.2) is 65.5 Å². The van der Waals surface area contributed by atoms with Crippen LogP contribution >= 0.6 is 0 Å². The molecule has 1 amide bonds. The zero-order valence-corrected chi connectivity index (χ0v) is 18.2. The van der Waals surface area contributed by atoms with Crippen molar-refractivity contribution in [2.24, 2.45) is 5.41 Å². The van der Waals surface area contributed by atoms with Crippen molar-refractivity contribution in [1.82, 2.24) is 10.3 Å². The molecule has 164 valence electrons. The topological polar surface area (TPSA) is 88.3 Å². The molecule has 0 saturated carbocycles. The van der Waals surface area contributed by atoms with Crippen molar-refractivity contribution in [3.8, 4) is 16.9 Å². The summed E-state index contributed by atoms with van der Waals surface area (Å²) in [5.74, 6) is 0.141. The third-order valence-electron chi connectivity index (χ3n) is 5.58. The summed E-state index contributed by atoms with van der Waals surface area (Å²) >= 11 is 0. The van der Waals surface area contributed by atoms with Gasteiger partial charge in [-0.1, -0.05) is 62.4 Å². The number of aromatic amines is 1. The molecule has 0 spiro atoms. The predicted molar refractivity (Wildman–Crippen MR) is 123 cm³/mol. The second kappa shape index (κ2) is 8.83. The lowest BCUT2D eigenvalue weighted by Gasteiger charge is -2.29. The van der Waals surface area contributed by atoms with Gasteiger partial charge in [0.2, 0.25) is 0 Å². The van der Waals surface area contributed by atoms with E-state index in [9.17, 15) is 14.4 Å². The van der Waals surface area contributed by atoms with Crippen LogP contribution in [-0.2, 0) is 6.42 Å². The van der Waals surface area contributed by atoms with Crippen LogP contribution in [0.4, 0.5) is 0 Å². The second-order valence-electron chi connectivity index (χ2n) is 8.81. The zero-order chi connectivity index (χ0) is 22.7. The molecule has 2 N–H and O–H groups in total. The third kappa shape index (κ3) is 4.64. The van der Waals surface area contributed by atoms with E-state index in [0.717, 1.165) is 11.1 Å². The first-order chi connectivity index (χ1) is 15.3. The molecule has 0 unspecified atom stereocenters. The van der Waals surface area contributed by atoms with E-state index in [4.69, 9.17) is 4.74 Å². The maximum Gasteiger partial charge on any atom is 0.261 e. The van der Waals surface area contributed by atoms with Crippen LogP contribution in [0.2, 0.25) is 0 Å². The average Bonchev–Trinajstić information content (AvgIpc) is 2.76. The largest absolute Gasteiger partial charge is 0.491 e. The Morgan fingerprint density at radius 3 is 2.50 bits per heavy atom. The van der Waals surface area contributed by atoms with Gasteiger partial charge in [0.1, 0.15) is 17.9 Å². The molecule has 2 aromatic carbocycles. The molecule has 0 saturated heterocycles. The number of ketones is 1. The molecule has 6 nitrogen and oxygen atoms in total. The molecular weight excluding hydrogens is 404 g/mol. The highest BCUT2D eigenvalue weighted by Crippen LogP contribution is 2.33. The molecule has 3 aromatic rings. The first-order valence-electron chi connectivity index (χ1n) is 10.7. The van der Waals surface area contributed by atoms with Crippen molar-refractivity contribution in [2.45, 2.75) is 26.7 Å². The van der Waals surface area contributed by atoms with Crippen LogP contribution in [0, 0.1) is 5.41 Å². The maximum absolute atomic E-state index is 12.6. The molecule has 0 bridgehead atoms. The lowest BCUT2D eigenvalue weighted by atomic mass is 9.75. The van der Waals surface area contributed by atoms with Crippen LogP contribution in [0.3, 0.4) is 0 Å². The van der Waals surface area contributed by atoms with E-state index >= 15 is 0 Å². The van der Waals surface area contributed by atoms with Crippen molar-refractivity contribution in [3.63, 3.8) is 0 Å². The van der Waals surface area contributed by atoms with Gasteiger partial charge in [-0.05, 0) is 29.5 Å². The number of amides is 1. The Balaban J connectivity index is 1.40. The molecule has 4 rings (SSSR count). The Hall–Kier alpha value is -3.67. The first-order valence-corrected chi connectivity index (χ1v) is 10.7. The number of Topliss-reactive ketones (excluding diaryl/α,β-unsaturated/α-hetero) is 1. The van der Waals surface area contributed by atoms with Crippen LogP contribution in [0.1, 0.15) is 46.7 Å². The molecule has 6 heteroatoms. The zero-order valence-electron chi connectivity index (χ0n) is 18.2. The number of rotatable bonds is 6. The van der Waals surface area contributed by atoms with Gasteiger partial charge in [0, 0.05) is 23.2 Å². The smallest absolute Gasteiger partial charge is 0.261 e. The van der Waals surface area contributed by atoms with Crippen LogP contribution < -0.4 is 15.6 Å². The summed E-state index contributed by atoms with van der Waals surface area (Å²) in [6.07, 6.45) is 0.988. The minimum Gasteiger partial charge on any atom is -0.491 e. The Labute approximate surface area is 186 Å². The molecule has 0 atom stereocenters. The molecule has 0 aliphatic heterocycles. The summed E-state index contributed by atoms with van der Waals surface area (Å²) < 4.78 is 5.88. The fourth-order valence-electron chi connectivity index (χ4n) is 4.07. The van der Waals surface area contributed by atoms with Gasteiger partial charge < -0.3 is 15.0 Å². The molecule has 0 fully saturated rings. The minimum atomic E-state index is -0.522. The maximum atomic E-state index is 12.6. The quantitative estimate of drug-likeness (QED) is 0.579. The summed E-state index contributed by atoms with van der Waals surface area (Å²) in [7, 11) is 0. The van der Waals surface area contributed by atoms with Gasteiger partial charge in [-0.15, -0.1) is 0 Å². The lowest BCUT2D eigenvalue weighted by molar-refractivity contribution is 0.0910. The van der Waals surface area contributed by atoms with Gasteiger partial charge >= 0.3 is 0 Å². The van der Waals surface area contributed by atoms with Gasteiger partial charge in [-0.2, -0.15) is 0 Å². The SMILES string of the molecule is CC1(C)CC(=O)c2cc(C(=O)NCCOc3ccccc3-c3ccccc3)c(=O)[nH]c2C1. The average molecular weight is 431 g/mol. The second-order valence-corrected chi connectivity index (χ2v) is 8.81. The highest BCUT2D eigenvalue weighted by Gasteiger charge is 2.32. The molecule has 32 heavy (non-hydrogen) atoms. The molecule has 1 aliphatic carbocycles. The van der Waals surface area contributed by atoms with E-state index < -0.39 is 11.5 Å². The third-order valence-corrected chi connectivity index (χ3v) is 5.58. The summed E-state index contributed by atoms with van der Waals surface area (Å²) in [6.45, 7) is 4.44. The number of carbonyl (C=O) groups is 2. The summed E-state index contributed by atoms with van der Waals surface area (Å²) in [6, 6.07) is 19.0. The van der Waals surface area contributed by atoms with E-state index in [-0.39, 0.29) is 29.9 Å². The normalized spacial score (nSPS) is 14.5. The monoisotopic (exact) mass is 430 g/mol. The van der Waals surface area contributed by atoms with Gasteiger partial charge in [-0.3, -0.25) is 14.4 Å². The number of carbonyl (C=O) groups excluding carboxylic acids is 2. The van der Waals surface area contributed by atoms with Gasteiger partial charge in [0.05, 0.1) is 6.54 Å². The van der Waals surface area contributed by atoms with Gasteiger partial charge in [0.15, 0.2) is 5.78 Å². The number of fused-ring (bicyclic) bond motifs is 1. The van der Waals surface area contributed by atoms with Crippen LogP contribution in [-0.4, -0.2) is 29.8 Å². The number of benzene rings is 2. The number of hydrogen-bond acceptors (Lipinski definition) is 4. The Kier molecular flexibility index (Phi) is 5.95. The summed E-state index contributed by atoms with van der Waals surface area (Å²) in [5.41, 5.74) is 2.30. The summed E-state index contributed by atoms with van der Waals surface area (Å²) in [5, 5.41) is 2.71. The molecule has 0 radical (unpaired) electrons. The molecule has 1 aromatic heterocycles. The predicted octanol–water partition coefficient (Wildman–Crippen LogP) is 4.01. The fourth-order valence-corrected chi connectivity index (χ4v) is 4.07. The van der Waals surface area contributed by atoms with E-state index in [1.165, 1.54) is 6.07 Å². The summed E-state index contributed by atoms with van der Waals surface area (Å²) in [4.78, 5) is 40.3. The van der Waals surface area contributed by atoms with Crippen molar-refractivity contribution >= 4 is 11.7 Å². The van der Waals surface area contributed by atoms with E-state index in [1.54, 1.807) is 0 Å². The van der Waals surface area contributed by atoms with Crippen molar-refractivity contribution < 1.29 is 14.3 Å². The van der Waals surface area contributed by atoms with Crippen molar-refractivity contribution in [2.75, 3.05) is 13.2 Å². The minimum absolute atomic E-state index is 0.0533. The number of ether oxygens (including phenoxy) is 1. The van der Waals surface area contributed by atoms with Crippen LogP contribution in [0.25, 0.3) is 11.1 Å². The lowest BCUT2D eigenvalue weighted by Crippen LogP contribution is -2.35. The van der Waals surface area contributed by atoms with Gasteiger partial charge in [0.25, 0.3) is 11.5 Å². The van der Waals surface area contributed by atoms with Crippen molar-refractivity contribution in [1.29, 1.82) is 0 Å². The number of pyridine rings is 1. The molecule has 1 heterocycles. The number of nitrogens with one attached hydrogen (secondary N) is 2. The standard InChI is InChI=1S/C26H26N2O4/c1-26(2)15-21-19(22(29)16-26)14-20(25(31)28-21)24(30)27-12-13-32-23-11-7-6-10-18(23)17-8-4-3-5-9-17/h3-11,14H,12-13,15-16H2,1-2H3,(H,27,30)(H,28,31). The number of para-hydroxylation sites is 1. The Morgan fingerprint density at radius 2 is 1.72 bits per heavy atom. The number of H-pyrrole nitrogens is 1.